The number of ketones is 1. The molecule has 262 valence electrons. The van der Waals surface area contributed by atoms with Crippen molar-refractivity contribution in [2.24, 2.45) is 0 Å². The predicted octanol–water partition coefficient (Wildman–Crippen LogP) is 14.6. The monoisotopic (exact) mass is 649 g/mol. The minimum Gasteiger partial charge on any atom is -0.300 e. The Morgan fingerprint density at radius 2 is 0.625 bits per heavy atom. The van der Waals surface area contributed by atoms with E-state index >= 15 is 0 Å². The van der Waals surface area contributed by atoms with Crippen molar-refractivity contribution in [1.82, 2.24) is 0 Å². The molecule has 0 bridgehead atoms. The van der Waals surface area contributed by atoms with Gasteiger partial charge in [0.25, 0.3) is 0 Å². The van der Waals surface area contributed by atoms with Crippen LogP contribution in [0.5, 0.6) is 0 Å². The first-order valence-corrected chi connectivity index (χ1v) is 17.9. The smallest absolute Gasteiger partial charge is 0.126 e. The number of carbonyl (C=O) groups excluding carboxylic acids is 1. The number of rotatable bonds is 3. The highest BCUT2D eigenvalue weighted by Crippen LogP contribution is 2.18. The van der Waals surface area contributed by atoms with Crippen molar-refractivity contribution in [1.29, 1.82) is 0 Å². The second-order valence-corrected chi connectivity index (χ2v) is 10.7. The van der Waals surface area contributed by atoms with Gasteiger partial charge in [0.2, 0.25) is 0 Å². The minimum absolute atomic E-state index is 0.167. The lowest BCUT2D eigenvalue weighted by atomic mass is 10.0. The molecule has 0 aliphatic carbocycles. The summed E-state index contributed by atoms with van der Waals surface area (Å²) in [5.41, 5.74) is 10.6. The average molecular weight is 649 g/mol. The highest BCUT2D eigenvalue weighted by Gasteiger charge is 1.96. The van der Waals surface area contributed by atoms with Gasteiger partial charge in [0.15, 0.2) is 0 Å². The lowest BCUT2D eigenvalue weighted by Gasteiger charge is -2.03. The van der Waals surface area contributed by atoms with Crippen LogP contribution in [0.15, 0.2) is 133 Å². The number of benzene rings is 5. The SMILES string of the molecule is CC.CC.CC.CC(C)=O.CCC.Cc1ccc(-c2ccccc2)cc1.Cc1ccc(Cc2ccc(C)cc2)cc1.Cc1ccccc1. The molecule has 0 saturated heterocycles. The Balaban J connectivity index is -0.000000555. The minimum atomic E-state index is 0.167. The fraction of sp³-hybridized carbons (Fsp3) is 0.340. The third-order valence-electron chi connectivity index (χ3n) is 5.75. The van der Waals surface area contributed by atoms with Crippen LogP contribution in [0.4, 0.5) is 0 Å². The highest BCUT2D eigenvalue weighted by atomic mass is 16.1. The Morgan fingerprint density at radius 3 is 0.896 bits per heavy atom. The normalized spacial score (nSPS) is 8.46. The summed E-state index contributed by atoms with van der Waals surface area (Å²) in [6, 6.07) is 46.8. The second-order valence-electron chi connectivity index (χ2n) is 10.7. The summed E-state index contributed by atoms with van der Waals surface area (Å²) in [6.07, 6.45) is 2.28. The topological polar surface area (TPSA) is 17.1 Å². The van der Waals surface area contributed by atoms with Crippen LogP contribution in [-0.4, -0.2) is 5.78 Å². The lowest BCUT2D eigenvalue weighted by Crippen LogP contribution is -1.88. The Morgan fingerprint density at radius 1 is 0.396 bits per heavy atom. The molecule has 0 fully saturated rings. The van der Waals surface area contributed by atoms with Gasteiger partial charge in [-0.2, -0.15) is 0 Å². The number of hydrogen-bond donors (Lipinski definition) is 0. The molecule has 0 aromatic heterocycles. The predicted molar refractivity (Wildman–Crippen MR) is 219 cm³/mol. The first kappa shape index (κ1) is 48.2. The Kier molecular flexibility index (Phi) is 34.2. The van der Waals surface area contributed by atoms with Gasteiger partial charge >= 0.3 is 0 Å². The summed E-state index contributed by atoms with van der Waals surface area (Å²) in [6.45, 7) is 27.7. The van der Waals surface area contributed by atoms with E-state index in [2.05, 4.69) is 151 Å². The summed E-state index contributed by atoms with van der Waals surface area (Å²) >= 11 is 0. The molecule has 0 atom stereocenters. The van der Waals surface area contributed by atoms with E-state index in [-0.39, 0.29) is 5.78 Å². The van der Waals surface area contributed by atoms with Crippen LogP contribution in [0.2, 0.25) is 0 Å². The van der Waals surface area contributed by atoms with Crippen LogP contribution in [0.3, 0.4) is 0 Å². The van der Waals surface area contributed by atoms with Crippen molar-refractivity contribution in [2.45, 2.75) is 110 Å². The standard InChI is InChI=1S/C15H16.C13H12.C7H8.C3H6O.C3H8.3C2H6/c1-12-3-7-14(8-4-12)11-15-9-5-13(2)6-10-15;1-11-7-9-13(10-8-11)12-5-3-2-4-6-12;1-7-5-3-2-4-6-7;1-3(2)4;1-3-2;3*1-2/h3-10H,11H2,1-2H3;2-10H,1H3;2-6H,1H3;1-2H3;3H2,1-2H3;3*1-2H3. The van der Waals surface area contributed by atoms with E-state index in [9.17, 15) is 4.79 Å². The molecule has 0 heterocycles. The largest absolute Gasteiger partial charge is 0.300 e. The van der Waals surface area contributed by atoms with E-state index < -0.39 is 0 Å². The van der Waals surface area contributed by atoms with E-state index in [1.807, 2.05) is 65.8 Å². The number of carbonyl (C=O) groups is 1. The lowest BCUT2D eigenvalue weighted by molar-refractivity contribution is -0.115. The molecule has 5 aromatic carbocycles. The summed E-state index contributed by atoms with van der Waals surface area (Å²) in [7, 11) is 0. The first-order valence-electron chi connectivity index (χ1n) is 17.9. The van der Waals surface area contributed by atoms with Gasteiger partial charge in [0.1, 0.15) is 5.78 Å². The van der Waals surface area contributed by atoms with Crippen molar-refractivity contribution in [3.05, 3.63) is 167 Å². The molecule has 1 heteroatoms. The van der Waals surface area contributed by atoms with Crippen molar-refractivity contribution < 1.29 is 4.79 Å². The van der Waals surface area contributed by atoms with Crippen LogP contribution in [-0.2, 0) is 11.2 Å². The number of hydrogen-bond acceptors (Lipinski definition) is 1. The Bertz CT molecular complexity index is 1300. The zero-order valence-corrected chi connectivity index (χ0v) is 33.0. The van der Waals surface area contributed by atoms with Gasteiger partial charge in [0, 0.05) is 0 Å². The molecule has 48 heavy (non-hydrogen) atoms. The highest BCUT2D eigenvalue weighted by molar-refractivity contribution is 5.72. The Labute approximate surface area is 297 Å². The molecule has 0 radical (unpaired) electrons. The second kappa shape index (κ2) is 34.1. The van der Waals surface area contributed by atoms with Crippen molar-refractivity contribution in [3.63, 3.8) is 0 Å². The van der Waals surface area contributed by atoms with Gasteiger partial charge in [-0.1, -0.05) is 218 Å². The molecule has 0 unspecified atom stereocenters. The third-order valence-corrected chi connectivity index (χ3v) is 5.75. The average Bonchev–Trinajstić information content (AvgIpc) is 3.11. The zero-order chi connectivity index (χ0) is 37.2. The fourth-order valence-corrected chi connectivity index (χ4v) is 3.56. The van der Waals surface area contributed by atoms with Crippen molar-refractivity contribution >= 4 is 5.78 Å². The van der Waals surface area contributed by atoms with Gasteiger partial charge in [-0.25, -0.2) is 0 Å². The van der Waals surface area contributed by atoms with Gasteiger partial charge in [0.05, 0.1) is 0 Å². The van der Waals surface area contributed by atoms with Crippen LogP contribution >= 0.6 is 0 Å². The van der Waals surface area contributed by atoms with Gasteiger partial charge in [-0.05, 0) is 70.2 Å². The maximum absolute atomic E-state index is 9.44. The third kappa shape index (κ3) is 28.0. The van der Waals surface area contributed by atoms with E-state index in [1.54, 1.807) is 0 Å². The zero-order valence-electron chi connectivity index (χ0n) is 33.0. The quantitative estimate of drug-likeness (QED) is 0.190. The van der Waals surface area contributed by atoms with Crippen LogP contribution < -0.4 is 0 Å². The van der Waals surface area contributed by atoms with E-state index in [4.69, 9.17) is 0 Å². The molecular formula is C47H68O. The fourth-order valence-electron chi connectivity index (χ4n) is 3.56. The summed E-state index contributed by atoms with van der Waals surface area (Å²) in [5.74, 6) is 0.167. The maximum atomic E-state index is 9.44. The molecule has 0 aliphatic rings. The van der Waals surface area contributed by atoms with Gasteiger partial charge in [-0.3, -0.25) is 0 Å². The molecule has 5 aromatic rings. The molecule has 0 N–H and O–H groups in total. The molecule has 0 aliphatic heterocycles. The van der Waals surface area contributed by atoms with Gasteiger partial charge in [-0.15, -0.1) is 0 Å². The summed E-state index contributed by atoms with van der Waals surface area (Å²) < 4.78 is 0. The van der Waals surface area contributed by atoms with Crippen LogP contribution in [0, 0.1) is 27.7 Å². The number of Topliss-reactive ketones (excluding diaryl/α,β-unsaturated/α-hetero) is 1. The summed E-state index contributed by atoms with van der Waals surface area (Å²) in [5, 5.41) is 0. The van der Waals surface area contributed by atoms with Crippen LogP contribution in [0.25, 0.3) is 11.1 Å². The van der Waals surface area contributed by atoms with Crippen molar-refractivity contribution in [2.75, 3.05) is 0 Å². The molecule has 0 amide bonds. The molecule has 5 rings (SSSR count). The maximum Gasteiger partial charge on any atom is 0.126 e. The molecule has 0 saturated carbocycles. The Hall–Kier alpha value is -4.23. The van der Waals surface area contributed by atoms with E-state index in [0.29, 0.717) is 0 Å². The van der Waals surface area contributed by atoms with Crippen LogP contribution in [0.1, 0.15) is 109 Å². The number of aryl methyl sites for hydroxylation is 4. The summed E-state index contributed by atoms with van der Waals surface area (Å²) in [4.78, 5) is 9.44. The molecular weight excluding hydrogens is 581 g/mol. The van der Waals surface area contributed by atoms with Crippen molar-refractivity contribution in [3.8, 4) is 11.1 Å². The molecule has 0 spiro atoms. The van der Waals surface area contributed by atoms with E-state index in [1.165, 1.54) is 64.8 Å². The van der Waals surface area contributed by atoms with Gasteiger partial charge < -0.3 is 4.79 Å². The first-order chi connectivity index (χ1) is 23.1. The van der Waals surface area contributed by atoms with E-state index in [0.717, 1.165) is 6.42 Å². The molecule has 1 nitrogen and oxygen atoms in total.